The van der Waals surface area contributed by atoms with Crippen molar-refractivity contribution in [1.29, 1.82) is 0 Å². The molecule has 0 unspecified atom stereocenters. The fraction of sp³-hybridized carbons (Fsp3) is 0.481. The molecule has 2 heterocycles. The van der Waals surface area contributed by atoms with Gasteiger partial charge in [-0.2, -0.15) is 0 Å². The van der Waals surface area contributed by atoms with Gasteiger partial charge in [-0.05, 0) is 68.9 Å². The molecule has 0 aliphatic heterocycles. The van der Waals surface area contributed by atoms with E-state index in [1.165, 1.54) is 36.2 Å². The third kappa shape index (κ3) is 5.18. The first-order valence-corrected chi connectivity index (χ1v) is 13.1. The Balaban J connectivity index is 1.95. The van der Waals surface area contributed by atoms with E-state index in [-0.39, 0.29) is 18.4 Å². The van der Waals surface area contributed by atoms with Crippen LogP contribution in [-0.2, 0) is 16.1 Å². The monoisotopic (exact) mass is 500 g/mol. The second-order valence-corrected chi connectivity index (χ2v) is 11.8. The van der Waals surface area contributed by atoms with Crippen LogP contribution in [0.1, 0.15) is 74.0 Å². The molecular weight excluding hydrogens is 468 g/mol. The van der Waals surface area contributed by atoms with E-state index in [9.17, 15) is 9.59 Å². The molecule has 4 rings (SSSR count). The Morgan fingerprint density at radius 3 is 2.35 bits per heavy atom. The Morgan fingerprint density at radius 1 is 1.12 bits per heavy atom. The predicted molar refractivity (Wildman–Crippen MR) is 140 cm³/mol. The highest BCUT2D eigenvalue weighted by Gasteiger charge is 2.30. The largest absolute Gasteiger partial charge is 0.456 e. The Morgan fingerprint density at radius 2 is 1.76 bits per heavy atom. The summed E-state index contributed by atoms with van der Waals surface area (Å²) in [5.74, 6) is 0.0805. The van der Waals surface area contributed by atoms with Gasteiger partial charge in [0.05, 0.1) is 15.9 Å². The number of rotatable bonds is 5. The van der Waals surface area contributed by atoms with Crippen molar-refractivity contribution in [2.75, 3.05) is 14.1 Å². The van der Waals surface area contributed by atoms with Gasteiger partial charge in [0.25, 0.3) is 0 Å². The summed E-state index contributed by atoms with van der Waals surface area (Å²) >= 11 is 7.69. The molecule has 1 aliphatic rings. The van der Waals surface area contributed by atoms with E-state index in [0.29, 0.717) is 15.8 Å². The molecule has 34 heavy (non-hydrogen) atoms. The number of aromatic nitrogens is 1. The van der Waals surface area contributed by atoms with Gasteiger partial charge in [0.15, 0.2) is 0 Å². The van der Waals surface area contributed by atoms with Crippen LogP contribution in [0.2, 0.25) is 5.02 Å². The third-order valence-corrected chi connectivity index (χ3v) is 7.69. The van der Waals surface area contributed by atoms with Crippen molar-refractivity contribution in [3.05, 3.63) is 45.8 Å². The predicted octanol–water partition coefficient (Wildman–Crippen LogP) is 7.11. The van der Waals surface area contributed by atoms with Crippen LogP contribution in [0.25, 0.3) is 21.5 Å². The van der Waals surface area contributed by atoms with Gasteiger partial charge in [0.1, 0.15) is 17.0 Å². The molecule has 0 atom stereocenters. The topological polar surface area (TPSA) is 51.5 Å². The minimum atomic E-state index is -0.567. The quantitative estimate of drug-likeness (QED) is 0.350. The number of thiophene rings is 1. The van der Waals surface area contributed by atoms with Crippen molar-refractivity contribution in [3.63, 3.8) is 0 Å². The number of nitrogens with zero attached hydrogens (tertiary/aromatic N) is 2. The zero-order chi connectivity index (χ0) is 24.6. The summed E-state index contributed by atoms with van der Waals surface area (Å²) in [6.07, 6.45) is 5.86. The lowest BCUT2D eigenvalue weighted by Gasteiger charge is -2.24. The van der Waals surface area contributed by atoms with Crippen LogP contribution in [0, 0.1) is 0 Å². The van der Waals surface area contributed by atoms with Crippen molar-refractivity contribution < 1.29 is 14.3 Å². The molecular formula is C27H33ClN2O3S. The number of amides is 1. The van der Waals surface area contributed by atoms with Crippen molar-refractivity contribution in [3.8, 4) is 11.3 Å². The molecule has 0 N–H and O–H groups in total. The van der Waals surface area contributed by atoms with E-state index in [0.717, 1.165) is 34.3 Å². The Hall–Kier alpha value is -2.31. The zero-order valence-electron chi connectivity index (χ0n) is 20.6. The summed E-state index contributed by atoms with van der Waals surface area (Å²) in [4.78, 5) is 28.0. The second kappa shape index (κ2) is 9.74. The lowest BCUT2D eigenvalue weighted by atomic mass is 9.83. The molecule has 5 nitrogen and oxygen atoms in total. The van der Waals surface area contributed by atoms with Crippen LogP contribution in [0.3, 0.4) is 0 Å². The minimum Gasteiger partial charge on any atom is -0.456 e. The number of hydrogen-bond donors (Lipinski definition) is 0. The van der Waals surface area contributed by atoms with E-state index < -0.39 is 5.60 Å². The average Bonchev–Trinajstić information content (AvgIpc) is 3.32. The summed E-state index contributed by atoms with van der Waals surface area (Å²) in [6.45, 7) is 5.83. The maximum Gasteiger partial charge on any atom is 0.348 e. The number of ether oxygens (including phenoxy) is 1. The summed E-state index contributed by atoms with van der Waals surface area (Å²) in [6, 6.07) is 9.75. The van der Waals surface area contributed by atoms with Crippen LogP contribution in [0.15, 0.2) is 30.3 Å². The number of carbonyl (C=O) groups is 2. The number of esters is 1. The average molecular weight is 501 g/mol. The SMILES string of the molecule is CN(C)C(=O)Cn1c(-c2ccc(Cl)cc2)c(C2CCCCC2)c2sc(C(=O)OC(C)(C)C)cc21. The number of hydrogen-bond acceptors (Lipinski definition) is 4. The van der Waals surface area contributed by atoms with Crippen LogP contribution in [0.4, 0.5) is 0 Å². The first-order valence-electron chi connectivity index (χ1n) is 11.9. The molecule has 182 valence electrons. The third-order valence-electron chi connectivity index (χ3n) is 6.30. The number of carbonyl (C=O) groups excluding carboxylic acids is 2. The molecule has 0 spiro atoms. The second-order valence-electron chi connectivity index (χ2n) is 10.3. The minimum absolute atomic E-state index is 0.00678. The molecule has 1 aromatic carbocycles. The molecule has 0 saturated heterocycles. The smallest absolute Gasteiger partial charge is 0.348 e. The highest BCUT2D eigenvalue weighted by molar-refractivity contribution is 7.21. The zero-order valence-corrected chi connectivity index (χ0v) is 22.2. The fourth-order valence-corrected chi connectivity index (χ4v) is 6.00. The first-order chi connectivity index (χ1) is 16.0. The van der Waals surface area contributed by atoms with Gasteiger partial charge in [-0.25, -0.2) is 4.79 Å². The lowest BCUT2D eigenvalue weighted by Crippen LogP contribution is -2.26. The van der Waals surface area contributed by atoms with E-state index in [1.54, 1.807) is 19.0 Å². The molecule has 1 fully saturated rings. The number of halogens is 1. The van der Waals surface area contributed by atoms with Crippen molar-refractivity contribution in [2.45, 2.75) is 70.9 Å². The summed E-state index contributed by atoms with van der Waals surface area (Å²) in [5.41, 5.74) is 3.72. The van der Waals surface area contributed by atoms with Gasteiger partial charge < -0.3 is 14.2 Å². The normalized spacial score (nSPS) is 15.0. The van der Waals surface area contributed by atoms with Crippen LogP contribution < -0.4 is 0 Å². The van der Waals surface area contributed by atoms with Crippen LogP contribution in [0.5, 0.6) is 0 Å². The van der Waals surface area contributed by atoms with E-state index in [4.69, 9.17) is 16.3 Å². The van der Waals surface area contributed by atoms with E-state index in [2.05, 4.69) is 4.57 Å². The highest BCUT2D eigenvalue weighted by Crippen LogP contribution is 2.47. The molecule has 0 bridgehead atoms. The highest BCUT2D eigenvalue weighted by atomic mass is 35.5. The Kier molecular flexibility index (Phi) is 7.11. The van der Waals surface area contributed by atoms with Gasteiger partial charge in [-0.1, -0.05) is 43.0 Å². The van der Waals surface area contributed by atoms with Crippen LogP contribution >= 0.6 is 22.9 Å². The van der Waals surface area contributed by atoms with Gasteiger partial charge in [0, 0.05) is 19.1 Å². The standard InChI is InChI=1S/C27H33ClN2O3S/c1-27(2,3)33-26(32)21-15-20-25(34-21)23(17-9-7-6-8-10-17)24(18-11-13-19(28)14-12-18)30(20)16-22(31)29(4)5/h11-15,17H,6-10,16H2,1-5H3. The summed E-state index contributed by atoms with van der Waals surface area (Å²) < 4.78 is 8.85. The molecule has 1 aliphatic carbocycles. The van der Waals surface area contributed by atoms with Crippen molar-refractivity contribution in [1.82, 2.24) is 9.47 Å². The van der Waals surface area contributed by atoms with Gasteiger partial charge in [-0.3, -0.25) is 4.79 Å². The molecule has 3 aromatic rings. The molecule has 0 radical (unpaired) electrons. The number of fused-ring (bicyclic) bond motifs is 1. The number of benzene rings is 1. The Bertz CT molecular complexity index is 1200. The fourth-order valence-electron chi connectivity index (χ4n) is 4.71. The maximum absolute atomic E-state index is 12.9. The summed E-state index contributed by atoms with van der Waals surface area (Å²) in [5, 5.41) is 0.680. The Labute approximate surface area is 210 Å². The summed E-state index contributed by atoms with van der Waals surface area (Å²) in [7, 11) is 3.54. The van der Waals surface area contributed by atoms with E-state index in [1.807, 2.05) is 51.1 Å². The first kappa shape index (κ1) is 24.8. The number of likely N-dealkylation sites (N-methyl/N-ethyl adjacent to an activating group) is 1. The van der Waals surface area contributed by atoms with Crippen LogP contribution in [-0.4, -0.2) is 41.0 Å². The lowest BCUT2D eigenvalue weighted by molar-refractivity contribution is -0.129. The maximum atomic E-state index is 12.9. The van der Waals surface area contributed by atoms with Crippen molar-refractivity contribution >= 4 is 45.0 Å². The van der Waals surface area contributed by atoms with Gasteiger partial charge in [-0.15, -0.1) is 11.3 Å². The van der Waals surface area contributed by atoms with Crippen molar-refractivity contribution in [2.24, 2.45) is 0 Å². The molecule has 1 saturated carbocycles. The van der Waals surface area contributed by atoms with Gasteiger partial charge in [0.2, 0.25) is 5.91 Å². The molecule has 2 aromatic heterocycles. The van der Waals surface area contributed by atoms with Gasteiger partial charge >= 0.3 is 5.97 Å². The van der Waals surface area contributed by atoms with E-state index >= 15 is 0 Å². The molecule has 1 amide bonds. The molecule has 7 heteroatoms.